The van der Waals surface area contributed by atoms with E-state index in [-0.39, 0.29) is 17.5 Å². The molecule has 2 aliphatic rings. The second-order valence-electron chi connectivity index (χ2n) is 5.67. The van der Waals surface area contributed by atoms with E-state index in [1.54, 1.807) is 0 Å². The fourth-order valence-corrected chi connectivity index (χ4v) is 4.70. The van der Waals surface area contributed by atoms with E-state index < -0.39 is 28.0 Å². The van der Waals surface area contributed by atoms with E-state index in [0.29, 0.717) is 12.8 Å². The minimum atomic E-state index is -3.02. The Morgan fingerprint density at radius 3 is 2.71 bits per heavy atom. The molecule has 1 aromatic carbocycles. The first kappa shape index (κ1) is 14.3. The molecule has 1 aliphatic heterocycles. The van der Waals surface area contributed by atoms with Crippen LogP contribution in [0.25, 0.3) is 0 Å². The number of hydrogen-bond donors (Lipinski definition) is 3. The summed E-state index contributed by atoms with van der Waals surface area (Å²) in [6.45, 7) is 0. The van der Waals surface area contributed by atoms with Gasteiger partial charge in [-0.05, 0) is 17.5 Å². The van der Waals surface area contributed by atoms with Crippen molar-refractivity contribution in [3.05, 3.63) is 35.4 Å². The van der Waals surface area contributed by atoms with Crippen molar-refractivity contribution in [3.63, 3.8) is 0 Å². The highest BCUT2D eigenvalue weighted by atomic mass is 32.2. The first-order chi connectivity index (χ1) is 9.94. The van der Waals surface area contributed by atoms with Gasteiger partial charge in [-0.2, -0.15) is 0 Å². The molecule has 6 nitrogen and oxygen atoms in total. The van der Waals surface area contributed by atoms with Gasteiger partial charge in [0, 0.05) is 12.5 Å². The van der Waals surface area contributed by atoms with E-state index in [2.05, 4.69) is 10.6 Å². The van der Waals surface area contributed by atoms with Crippen molar-refractivity contribution in [2.24, 2.45) is 0 Å². The van der Waals surface area contributed by atoms with Gasteiger partial charge in [-0.3, -0.25) is 0 Å². The number of aliphatic hydroxyl groups excluding tert-OH is 1. The molecule has 0 bridgehead atoms. The number of carbonyl (C=O) groups is 1. The lowest BCUT2D eigenvalue weighted by Gasteiger charge is -2.20. The molecule has 1 aromatic rings. The minimum absolute atomic E-state index is 0.00970. The third-order valence-corrected chi connectivity index (χ3v) is 5.83. The van der Waals surface area contributed by atoms with Crippen molar-refractivity contribution in [1.29, 1.82) is 0 Å². The summed E-state index contributed by atoms with van der Waals surface area (Å²) in [6.07, 6.45) is 0.304. The molecule has 1 aliphatic carbocycles. The number of urea groups is 1. The molecule has 7 heteroatoms. The van der Waals surface area contributed by atoms with Crippen LogP contribution in [0.3, 0.4) is 0 Å². The van der Waals surface area contributed by atoms with Crippen LogP contribution in [0.2, 0.25) is 0 Å². The summed E-state index contributed by atoms with van der Waals surface area (Å²) >= 11 is 0. The predicted molar refractivity (Wildman–Crippen MR) is 77.6 cm³/mol. The Hall–Kier alpha value is -1.60. The normalized spacial score (nSPS) is 29.9. The number of rotatable bonds is 2. The number of carbonyl (C=O) groups excluding carboxylic acids is 1. The van der Waals surface area contributed by atoms with Crippen LogP contribution in [0, 0.1) is 0 Å². The van der Waals surface area contributed by atoms with Crippen LogP contribution in [-0.2, 0) is 16.3 Å². The van der Waals surface area contributed by atoms with Gasteiger partial charge in [0.15, 0.2) is 9.84 Å². The summed E-state index contributed by atoms with van der Waals surface area (Å²) in [5, 5.41) is 15.5. The van der Waals surface area contributed by atoms with E-state index in [0.717, 1.165) is 11.1 Å². The van der Waals surface area contributed by atoms with Crippen LogP contribution in [-0.4, -0.2) is 43.2 Å². The highest BCUT2D eigenvalue weighted by molar-refractivity contribution is 7.91. The van der Waals surface area contributed by atoms with Crippen molar-refractivity contribution in [2.75, 3.05) is 11.5 Å². The zero-order chi connectivity index (χ0) is 15.0. The fourth-order valence-electron chi connectivity index (χ4n) is 3.03. The number of aliphatic hydroxyl groups is 1. The van der Waals surface area contributed by atoms with E-state index in [1.165, 1.54) is 0 Å². The monoisotopic (exact) mass is 310 g/mol. The maximum Gasteiger partial charge on any atom is 0.315 e. The van der Waals surface area contributed by atoms with E-state index >= 15 is 0 Å². The van der Waals surface area contributed by atoms with E-state index in [9.17, 15) is 18.3 Å². The second kappa shape index (κ2) is 5.31. The highest BCUT2D eigenvalue weighted by Crippen LogP contribution is 2.31. The third kappa shape index (κ3) is 3.03. The van der Waals surface area contributed by atoms with Gasteiger partial charge in [0.05, 0.1) is 23.7 Å². The van der Waals surface area contributed by atoms with E-state index in [1.807, 2.05) is 24.3 Å². The Morgan fingerprint density at radius 1 is 1.24 bits per heavy atom. The Balaban J connectivity index is 1.63. The predicted octanol–water partition coefficient (Wildman–Crippen LogP) is 0.131. The lowest BCUT2D eigenvalue weighted by Crippen LogP contribution is -2.45. The number of nitrogens with one attached hydrogen (secondary N) is 2. The highest BCUT2D eigenvalue weighted by Gasteiger charge is 2.33. The molecule has 3 N–H and O–H groups in total. The summed E-state index contributed by atoms with van der Waals surface area (Å²) in [6, 6.07) is 6.36. The Labute approximate surface area is 123 Å². The average molecular weight is 310 g/mol. The average Bonchev–Trinajstić information content (AvgIpc) is 2.90. The van der Waals surface area contributed by atoms with Gasteiger partial charge in [-0.1, -0.05) is 24.3 Å². The van der Waals surface area contributed by atoms with Crippen molar-refractivity contribution in [3.8, 4) is 0 Å². The first-order valence-corrected chi connectivity index (χ1v) is 8.80. The number of hydrogen-bond acceptors (Lipinski definition) is 4. The van der Waals surface area contributed by atoms with Crippen LogP contribution in [0.15, 0.2) is 24.3 Å². The van der Waals surface area contributed by atoms with Crippen molar-refractivity contribution in [2.45, 2.75) is 31.0 Å². The summed E-state index contributed by atoms with van der Waals surface area (Å²) in [5.41, 5.74) is 1.94. The van der Waals surface area contributed by atoms with Crippen molar-refractivity contribution < 1.29 is 18.3 Å². The molecular weight excluding hydrogens is 292 g/mol. The minimum Gasteiger partial charge on any atom is -0.390 e. The first-order valence-electron chi connectivity index (χ1n) is 6.98. The maximum atomic E-state index is 12.0. The third-order valence-electron chi connectivity index (χ3n) is 4.06. The van der Waals surface area contributed by atoms with E-state index in [4.69, 9.17) is 0 Å². The molecule has 3 atom stereocenters. The Bertz CT molecular complexity index is 659. The van der Waals surface area contributed by atoms with Gasteiger partial charge >= 0.3 is 6.03 Å². The van der Waals surface area contributed by atoms with Gasteiger partial charge in [-0.25, -0.2) is 13.2 Å². The largest absolute Gasteiger partial charge is 0.390 e. The van der Waals surface area contributed by atoms with Gasteiger partial charge in [-0.15, -0.1) is 0 Å². The standard InChI is InChI=1S/C14H18N2O4S/c17-12-7-9-3-1-2-4-11(9)13(12)16-14(18)15-10-5-6-21(19,20)8-10/h1-4,10,12-13,17H,5-8H2,(H2,15,16,18)/t10-,12-,13+/m0/s1. The lowest BCUT2D eigenvalue weighted by molar-refractivity contribution is 0.142. The molecular formula is C14H18N2O4S. The van der Waals surface area contributed by atoms with Gasteiger partial charge < -0.3 is 15.7 Å². The van der Waals surface area contributed by atoms with Crippen LogP contribution in [0.1, 0.15) is 23.6 Å². The molecule has 0 aromatic heterocycles. The molecule has 0 radical (unpaired) electrons. The maximum absolute atomic E-state index is 12.0. The zero-order valence-corrected chi connectivity index (χ0v) is 12.3. The SMILES string of the molecule is O=C(N[C@H]1CCS(=O)(=O)C1)N[C@@H]1c2ccccc2C[C@@H]1O. The Morgan fingerprint density at radius 2 is 2.00 bits per heavy atom. The van der Waals surface area contributed by atoms with Crippen LogP contribution in [0.4, 0.5) is 4.79 Å². The molecule has 1 fully saturated rings. The molecule has 0 saturated carbocycles. The van der Waals surface area contributed by atoms with Gasteiger partial charge in [0.1, 0.15) is 0 Å². The summed E-state index contributed by atoms with van der Waals surface area (Å²) in [7, 11) is -3.02. The quantitative estimate of drug-likeness (QED) is 0.723. The smallest absolute Gasteiger partial charge is 0.315 e. The van der Waals surface area contributed by atoms with Gasteiger partial charge in [0.2, 0.25) is 0 Å². The molecule has 21 heavy (non-hydrogen) atoms. The zero-order valence-electron chi connectivity index (χ0n) is 11.5. The van der Waals surface area contributed by atoms with Crippen LogP contribution < -0.4 is 10.6 Å². The number of fused-ring (bicyclic) bond motifs is 1. The molecule has 114 valence electrons. The second-order valence-corrected chi connectivity index (χ2v) is 7.89. The summed E-state index contributed by atoms with van der Waals surface area (Å²) in [5.74, 6) is 0.108. The Kier molecular flexibility index (Phi) is 3.62. The van der Waals surface area contributed by atoms with Crippen molar-refractivity contribution >= 4 is 15.9 Å². The lowest BCUT2D eigenvalue weighted by atomic mass is 10.1. The topological polar surface area (TPSA) is 95.5 Å². The molecule has 0 spiro atoms. The van der Waals surface area contributed by atoms with Crippen LogP contribution in [0.5, 0.6) is 0 Å². The van der Waals surface area contributed by atoms with Crippen LogP contribution >= 0.6 is 0 Å². The van der Waals surface area contributed by atoms with Gasteiger partial charge in [0.25, 0.3) is 0 Å². The molecule has 1 saturated heterocycles. The number of amides is 2. The summed E-state index contributed by atoms with van der Waals surface area (Å²) < 4.78 is 22.7. The molecule has 1 heterocycles. The number of sulfone groups is 1. The molecule has 0 unspecified atom stereocenters. The van der Waals surface area contributed by atoms with Crippen molar-refractivity contribution in [1.82, 2.24) is 10.6 Å². The molecule has 3 rings (SSSR count). The number of benzene rings is 1. The fraction of sp³-hybridized carbons (Fsp3) is 0.500. The summed E-state index contributed by atoms with van der Waals surface area (Å²) in [4.78, 5) is 12.0. The molecule has 2 amide bonds.